The lowest BCUT2D eigenvalue weighted by Crippen LogP contribution is -2.18. The Hall–Kier alpha value is -3.40. The average molecular weight is 341 g/mol. The molecule has 0 amide bonds. The van der Waals surface area contributed by atoms with Crippen LogP contribution in [0.2, 0.25) is 0 Å². The maximum Gasteiger partial charge on any atom is 0.255 e. The van der Waals surface area contributed by atoms with Crippen LogP contribution in [0.5, 0.6) is 0 Å². The van der Waals surface area contributed by atoms with E-state index in [1.165, 1.54) is 5.56 Å². The van der Waals surface area contributed by atoms with Crippen molar-refractivity contribution in [2.45, 2.75) is 13.0 Å². The van der Waals surface area contributed by atoms with Gasteiger partial charge in [-0.2, -0.15) is 0 Å². The summed E-state index contributed by atoms with van der Waals surface area (Å²) >= 11 is 0. The standard InChI is InChI=1S/C22H19N3O/c26-22-14-19(11-12-25(22)20-9-5-2-6-10-20)16-24-17-23-15-21(24)13-18-7-3-1-4-8-18/h1-12,14-15,17H,13,16H2. The molecule has 0 saturated carbocycles. The Kier molecular flexibility index (Phi) is 4.48. The molecule has 0 aliphatic heterocycles. The van der Waals surface area contributed by atoms with Crippen LogP contribution >= 0.6 is 0 Å². The van der Waals surface area contributed by atoms with E-state index in [1.807, 2.05) is 73.3 Å². The summed E-state index contributed by atoms with van der Waals surface area (Å²) in [6.07, 6.45) is 6.36. The Morgan fingerprint density at radius 2 is 1.58 bits per heavy atom. The van der Waals surface area contributed by atoms with E-state index in [0.29, 0.717) is 6.54 Å². The van der Waals surface area contributed by atoms with Crippen molar-refractivity contribution >= 4 is 0 Å². The second kappa shape index (κ2) is 7.23. The fourth-order valence-corrected chi connectivity index (χ4v) is 3.06. The zero-order chi connectivity index (χ0) is 17.8. The van der Waals surface area contributed by atoms with Gasteiger partial charge in [0.25, 0.3) is 5.56 Å². The summed E-state index contributed by atoms with van der Waals surface area (Å²) in [4.78, 5) is 16.8. The molecule has 4 aromatic rings. The minimum Gasteiger partial charge on any atom is -0.330 e. The monoisotopic (exact) mass is 341 g/mol. The predicted octanol–water partition coefficient (Wildman–Crippen LogP) is 3.67. The van der Waals surface area contributed by atoms with Gasteiger partial charge >= 0.3 is 0 Å². The van der Waals surface area contributed by atoms with Crippen molar-refractivity contribution in [3.8, 4) is 5.69 Å². The van der Waals surface area contributed by atoms with Crippen LogP contribution in [0.4, 0.5) is 0 Å². The van der Waals surface area contributed by atoms with Crippen molar-refractivity contribution in [3.05, 3.63) is 119 Å². The van der Waals surface area contributed by atoms with Crippen LogP contribution in [0.15, 0.2) is 96.3 Å². The molecule has 4 nitrogen and oxygen atoms in total. The minimum atomic E-state index is -0.0292. The molecule has 0 spiro atoms. The third-order valence-corrected chi connectivity index (χ3v) is 4.40. The van der Waals surface area contributed by atoms with E-state index in [2.05, 4.69) is 21.7 Å². The van der Waals surface area contributed by atoms with Gasteiger partial charge in [-0.3, -0.25) is 9.36 Å². The summed E-state index contributed by atoms with van der Waals surface area (Å²) in [5.74, 6) is 0. The zero-order valence-corrected chi connectivity index (χ0v) is 14.3. The number of nitrogens with zero attached hydrogens (tertiary/aromatic N) is 3. The highest BCUT2D eigenvalue weighted by Crippen LogP contribution is 2.11. The second-order valence-corrected chi connectivity index (χ2v) is 6.25. The van der Waals surface area contributed by atoms with Crippen LogP contribution in [0, 0.1) is 0 Å². The lowest BCUT2D eigenvalue weighted by atomic mass is 10.1. The van der Waals surface area contributed by atoms with Gasteiger partial charge in [0.1, 0.15) is 0 Å². The van der Waals surface area contributed by atoms with Gasteiger partial charge in [0.15, 0.2) is 0 Å². The van der Waals surface area contributed by atoms with Gasteiger partial charge < -0.3 is 4.57 Å². The molecule has 2 heterocycles. The van der Waals surface area contributed by atoms with E-state index in [4.69, 9.17) is 0 Å². The van der Waals surface area contributed by atoms with Crippen molar-refractivity contribution in [2.75, 3.05) is 0 Å². The predicted molar refractivity (Wildman–Crippen MR) is 103 cm³/mol. The molecule has 0 atom stereocenters. The van der Waals surface area contributed by atoms with E-state index < -0.39 is 0 Å². The van der Waals surface area contributed by atoms with Crippen LogP contribution in [-0.4, -0.2) is 14.1 Å². The van der Waals surface area contributed by atoms with Crippen molar-refractivity contribution in [3.63, 3.8) is 0 Å². The summed E-state index contributed by atoms with van der Waals surface area (Å²) in [7, 11) is 0. The third kappa shape index (κ3) is 3.49. The Morgan fingerprint density at radius 1 is 0.846 bits per heavy atom. The molecule has 0 aliphatic rings. The number of rotatable bonds is 5. The largest absolute Gasteiger partial charge is 0.330 e. The van der Waals surface area contributed by atoms with Gasteiger partial charge in [-0.15, -0.1) is 0 Å². The number of hydrogen-bond acceptors (Lipinski definition) is 2. The van der Waals surface area contributed by atoms with Crippen molar-refractivity contribution < 1.29 is 0 Å². The highest BCUT2D eigenvalue weighted by Gasteiger charge is 2.06. The summed E-state index contributed by atoms with van der Waals surface area (Å²) in [5.41, 5.74) is 4.18. The maximum atomic E-state index is 12.5. The lowest BCUT2D eigenvalue weighted by Gasteiger charge is -2.10. The number of imidazole rings is 1. The number of hydrogen-bond donors (Lipinski definition) is 0. The fraction of sp³-hybridized carbons (Fsp3) is 0.0909. The third-order valence-electron chi connectivity index (χ3n) is 4.40. The highest BCUT2D eigenvalue weighted by atomic mass is 16.1. The first-order chi connectivity index (χ1) is 12.8. The second-order valence-electron chi connectivity index (χ2n) is 6.25. The number of benzene rings is 2. The quantitative estimate of drug-likeness (QED) is 0.556. The van der Waals surface area contributed by atoms with Crippen LogP contribution < -0.4 is 5.56 Å². The summed E-state index contributed by atoms with van der Waals surface area (Å²) in [5, 5.41) is 0. The van der Waals surface area contributed by atoms with Gasteiger partial charge in [-0.1, -0.05) is 48.5 Å². The van der Waals surface area contributed by atoms with Gasteiger partial charge in [0, 0.05) is 42.8 Å². The minimum absolute atomic E-state index is 0.0292. The molecule has 26 heavy (non-hydrogen) atoms. The van der Waals surface area contributed by atoms with Gasteiger partial charge in [0.05, 0.1) is 6.33 Å². The Labute approximate surface area is 152 Å². The molecule has 2 aromatic heterocycles. The molecule has 0 N–H and O–H groups in total. The van der Waals surface area contributed by atoms with E-state index in [-0.39, 0.29) is 5.56 Å². The molecule has 0 radical (unpaired) electrons. The van der Waals surface area contributed by atoms with Crippen LogP contribution in [0.25, 0.3) is 5.69 Å². The number of aromatic nitrogens is 3. The van der Waals surface area contributed by atoms with E-state index in [1.54, 1.807) is 10.6 Å². The molecule has 0 fully saturated rings. The molecular weight excluding hydrogens is 322 g/mol. The molecule has 128 valence electrons. The number of pyridine rings is 1. The van der Waals surface area contributed by atoms with E-state index in [9.17, 15) is 4.79 Å². The van der Waals surface area contributed by atoms with E-state index in [0.717, 1.165) is 23.4 Å². The molecule has 0 bridgehead atoms. The number of para-hydroxylation sites is 1. The maximum absolute atomic E-state index is 12.5. The topological polar surface area (TPSA) is 39.8 Å². The first-order valence-corrected chi connectivity index (χ1v) is 8.59. The van der Waals surface area contributed by atoms with Crippen molar-refractivity contribution in [2.24, 2.45) is 0 Å². The molecule has 4 heteroatoms. The molecule has 4 rings (SSSR count). The van der Waals surface area contributed by atoms with Crippen LogP contribution in [0.3, 0.4) is 0 Å². The molecule has 0 unspecified atom stereocenters. The smallest absolute Gasteiger partial charge is 0.255 e. The van der Waals surface area contributed by atoms with Crippen LogP contribution in [0.1, 0.15) is 16.8 Å². The van der Waals surface area contributed by atoms with Gasteiger partial charge in [-0.05, 0) is 29.3 Å². The van der Waals surface area contributed by atoms with Gasteiger partial charge in [0.2, 0.25) is 0 Å². The summed E-state index contributed by atoms with van der Waals surface area (Å²) < 4.78 is 3.75. The molecular formula is C22H19N3O. The zero-order valence-electron chi connectivity index (χ0n) is 14.3. The Balaban J connectivity index is 1.56. The highest BCUT2D eigenvalue weighted by molar-refractivity contribution is 5.32. The van der Waals surface area contributed by atoms with Gasteiger partial charge in [-0.25, -0.2) is 4.98 Å². The van der Waals surface area contributed by atoms with Crippen molar-refractivity contribution in [1.29, 1.82) is 0 Å². The van der Waals surface area contributed by atoms with Crippen LogP contribution in [-0.2, 0) is 13.0 Å². The average Bonchev–Trinajstić information content (AvgIpc) is 3.10. The fourth-order valence-electron chi connectivity index (χ4n) is 3.06. The summed E-state index contributed by atoms with van der Waals surface area (Å²) in [6, 6.07) is 23.6. The normalized spacial score (nSPS) is 10.8. The Morgan fingerprint density at radius 3 is 2.31 bits per heavy atom. The molecule has 2 aromatic carbocycles. The SMILES string of the molecule is O=c1cc(Cn2cncc2Cc2ccccc2)ccn1-c1ccccc1. The summed E-state index contributed by atoms with van der Waals surface area (Å²) in [6.45, 7) is 0.632. The van der Waals surface area contributed by atoms with E-state index >= 15 is 0 Å². The van der Waals surface area contributed by atoms with Crippen molar-refractivity contribution in [1.82, 2.24) is 14.1 Å². The first kappa shape index (κ1) is 16.1. The lowest BCUT2D eigenvalue weighted by molar-refractivity contribution is 0.749. The molecule has 0 aliphatic carbocycles. The Bertz CT molecular complexity index is 1050. The first-order valence-electron chi connectivity index (χ1n) is 8.59. The molecule has 0 saturated heterocycles.